The summed E-state index contributed by atoms with van der Waals surface area (Å²) in [5.74, 6) is 0.109. The zero-order valence-corrected chi connectivity index (χ0v) is 15.3. The number of para-hydroxylation sites is 1. The van der Waals surface area contributed by atoms with Gasteiger partial charge in [0, 0.05) is 23.5 Å². The Morgan fingerprint density at radius 2 is 1.28 bits per heavy atom. The molecule has 2 N–H and O–H groups in total. The number of unbranched alkanes of at least 4 members (excludes halogenated alkanes) is 6. The molecule has 0 aliphatic carbocycles. The van der Waals surface area contributed by atoms with E-state index in [4.69, 9.17) is 0 Å². The van der Waals surface area contributed by atoms with Crippen molar-refractivity contribution in [1.29, 1.82) is 0 Å². The van der Waals surface area contributed by atoms with E-state index in [2.05, 4.69) is 17.6 Å². The summed E-state index contributed by atoms with van der Waals surface area (Å²) < 4.78 is 0. The number of amides is 1. The second-order valence-corrected chi connectivity index (χ2v) is 6.49. The van der Waals surface area contributed by atoms with Crippen molar-refractivity contribution in [3.63, 3.8) is 0 Å². The van der Waals surface area contributed by atoms with Crippen molar-refractivity contribution in [3.8, 4) is 0 Å². The van der Waals surface area contributed by atoms with Gasteiger partial charge in [0.05, 0.1) is 0 Å². The Morgan fingerprint density at radius 3 is 1.96 bits per heavy atom. The van der Waals surface area contributed by atoms with Gasteiger partial charge in [-0.1, -0.05) is 63.6 Å². The molecule has 0 aliphatic rings. The molecule has 3 nitrogen and oxygen atoms in total. The Morgan fingerprint density at radius 1 is 0.720 bits per heavy atom. The monoisotopic (exact) mass is 338 g/mol. The van der Waals surface area contributed by atoms with Gasteiger partial charge in [0.2, 0.25) is 5.91 Å². The number of benzene rings is 2. The van der Waals surface area contributed by atoms with Crippen LogP contribution in [0.4, 0.5) is 17.1 Å². The first kappa shape index (κ1) is 19.0. The zero-order valence-electron chi connectivity index (χ0n) is 15.3. The highest BCUT2D eigenvalue weighted by atomic mass is 16.1. The van der Waals surface area contributed by atoms with Crippen LogP contribution in [0.1, 0.15) is 58.3 Å². The van der Waals surface area contributed by atoms with Crippen LogP contribution in [-0.2, 0) is 4.79 Å². The lowest BCUT2D eigenvalue weighted by molar-refractivity contribution is -0.116. The van der Waals surface area contributed by atoms with Crippen molar-refractivity contribution in [2.24, 2.45) is 0 Å². The van der Waals surface area contributed by atoms with Crippen LogP contribution in [0.5, 0.6) is 0 Å². The minimum atomic E-state index is 0.109. The van der Waals surface area contributed by atoms with Gasteiger partial charge < -0.3 is 10.6 Å². The van der Waals surface area contributed by atoms with E-state index >= 15 is 0 Å². The quantitative estimate of drug-likeness (QED) is 0.459. The molecular formula is C22H30N2O. The van der Waals surface area contributed by atoms with E-state index < -0.39 is 0 Å². The van der Waals surface area contributed by atoms with Gasteiger partial charge >= 0.3 is 0 Å². The van der Waals surface area contributed by atoms with Gasteiger partial charge in [-0.2, -0.15) is 0 Å². The van der Waals surface area contributed by atoms with Crippen LogP contribution in [0.3, 0.4) is 0 Å². The molecule has 1 amide bonds. The number of carbonyl (C=O) groups is 1. The van der Waals surface area contributed by atoms with Crippen LogP contribution in [0.25, 0.3) is 0 Å². The second-order valence-electron chi connectivity index (χ2n) is 6.49. The molecule has 2 rings (SSSR count). The average molecular weight is 338 g/mol. The number of rotatable bonds is 11. The van der Waals surface area contributed by atoms with Gasteiger partial charge in [-0.05, 0) is 42.8 Å². The largest absolute Gasteiger partial charge is 0.356 e. The maximum atomic E-state index is 12.0. The molecule has 0 aliphatic heterocycles. The first-order valence-electron chi connectivity index (χ1n) is 9.50. The summed E-state index contributed by atoms with van der Waals surface area (Å²) in [7, 11) is 0. The Balaban J connectivity index is 1.65. The lowest BCUT2D eigenvalue weighted by atomic mass is 10.1. The van der Waals surface area contributed by atoms with E-state index in [1.807, 2.05) is 54.6 Å². The molecule has 0 unspecified atom stereocenters. The standard InChI is InChI=1S/C22H30N2O/c1-2-3-4-5-6-7-11-14-22(25)24-21-17-15-20(16-18-21)23-19-12-9-8-10-13-19/h8-10,12-13,15-18,23H,2-7,11,14H2,1H3,(H,24,25). The van der Waals surface area contributed by atoms with Crippen molar-refractivity contribution in [1.82, 2.24) is 0 Å². The number of hydrogen-bond donors (Lipinski definition) is 2. The molecule has 0 saturated heterocycles. The van der Waals surface area contributed by atoms with Gasteiger partial charge in [0.25, 0.3) is 0 Å². The van der Waals surface area contributed by atoms with E-state index in [0.29, 0.717) is 6.42 Å². The minimum Gasteiger partial charge on any atom is -0.356 e. The SMILES string of the molecule is CCCCCCCCCC(=O)Nc1ccc(Nc2ccccc2)cc1. The highest BCUT2D eigenvalue weighted by molar-refractivity contribution is 5.90. The topological polar surface area (TPSA) is 41.1 Å². The van der Waals surface area contributed by atoms with Crippen LogP contribution in [-0.4, -0.2) is 5.91 Å². The van der Waals surface area contributed by atoms with Crippen LogP contribution < -0.4 is 10.6 Å². The fraction of sp³-hybridized carbons (Fsp3) is 0.409. The highest BCUT2D eigenvalue weighted by Gasteiger charge is 2.02. The molecule has 2 aromatic rings. The summed E-state index contributed by atoms with van der Waals surface area (Å²) in [4.78, 5) is 12.0. The zero-order chi connectivity index (χ0) is 17.7. The van der Waals surface area contributed by atoms with E-state index in [-0.39, 0.29) is 5.91 Å². The van der Waals surface area contributed by atoms with E-state index in [9.17, 15) is 4.79 Å². The number of nitrogens with one attached hydrogen (secondary N) is 2. The van der Waals surface area contributed by atoms with Crippen LogP contribution >= 0.6 is 0 Å². The molecule has 0 aromatic heterocycles. The van der Waals surface area contributed by atoms with Crippen LogP contribution in [0, 0.1) is 0 Å². The molecular weight excluding hydrogens is 308 g/mol. The Hall–Kier alpha value is -2.29. The summed E-state index contributed by atoms with van der Waals surface area (Å²) >= 11 is 0. The van der Waals surface area contributed by atoms with Crippen molar-refractivity contribution in [3.05, 3.63) is 54.6 Å². The summed E-state index contributed by atoms with van der Waals surface area (Å²) in [5.41, 5.74) is 2.92. The minimum absolute atomic E-state index is 0.109. The molecule has 0 atom stereocenters. The Bertz CT molecular complexity index is 608. The molecule has 0 spiro atoms. The smallest absolute Gasteiger partial charge is 0.224 e. The van der Waals surface area contributed by atoms with Crippen LogP contribution in [0.15, 0.2) is 54.6 Å². The highest BCUT2D eigenvalue weighted by Crippen LogP contribution is 2.19. The third kappa shape index (κ3) is 7.88. The van der Waals surface area contributed by atoms with E-state index in [1.54, 1.807) is 0 Å². The molecule has 0 fully saturated rings. The normalized spacial score (nSPS) is 10.4. The van der Waals surface area contributed by atoms with E-state index in [0.717, 1.165) is 29.9 Å². The molecule has 25 heavy (non-hydrogen) atoms. The molecule has 3 heteroatoms. The molecule has 134 valence electrons. The fourth-order valence-electron chi connectivity index (χ4n) is 2.79. The summed E-state index contributed by atoms with van der Waals surface area (Å²) in [6, 6.07) is 17.9. The Labute approximate surface area is 151 Å². The molecule has 0 heterocycles. The second kappa shape index (κ2) is 11.3. The lowest BCUT2D eigenvalue weighted by Gasteiger charge is -2.09. The molecule has 0 bridgehead atoms. The summed E-state index contributed by atoms with van der Waals surface area (Å²) in [5, 5.41) is 6.31. The van der Waals surface area contributed by atoms with Crippen LogP contribution in [0.2, 0.25) is 0 Å². The lowest BCUT2D eigenvalue weighted by Crippen LogP contribution is -2.10. The van der Waals surface area contributed by atoms with Gasteiger partial charge in [-0.25, -0.2) is 0 Å². The van der Waals surface area contributed by atoms with Gasteiger partial charge in [-0.3, -0.25) is 4.79 Å². The average Bonchev–Trinajstić information content (AvgIpc) is 2.63. The van der Waals surface area contributed by atoms with E-state index in [1.165, 1.54) is 32.1 Å². The molecule has 2 aromatic carbocycles. The van der Waals surface area contributed by atoms with Gasteiger partial charge in [0.15, 0.2) is 0 Å². The fourth-order valence-corrected chi connectivity index (χ4v) is 2.79. The maximum absolute atomic E-state index is 12.0. The maximum Gasteiger partial charge on any atom is 0.224 e. The number of hydrogen-bond acceptors (Lipinski definition) is 2. The van der Waals surface area contributed by atoms with Crippen molar-refractivity contribution in [2.75, 3.05) is 10.6 Å². The number of carbonyl (C=O) groups excluding carboxylic acids is 1. The number of anilines is 3. The first-order chi connectivity index (χ1) is 12.3. The van der Waals surface area contributed by atoms with Crippen molar-refractivity contribution >= 4 is 23.0 Å². The predicted molar refractivity (Wildman–Crippen MR) is 107 cm³/mol. The van der Waals surface area contributed by atoms with Gasteiger partial charge in [0.1, 0.15) is 0 Å². The molecule has 0 radical (unpaired) electrons. The Kier molecular flexibility index (Phi) is 8.60. The predicted octanol–water partition coefficient (Wildman–Crippen LogP) is 6.51. The van der Waals surface area contributed by atoms with Crippen molar-refractivity contribution < 1.29 is 4.79 Å². The summed E-state index contributed by atoms with van der Waals surface area (Å²) in [6.07, 6.45) is 9.21. The first-order valence-corrected chi connectivity index (χ1v) is 9.50. The van der Waals surface area contributed by atoms with Gasteiger partial charge in [-0.15, -0.1) is 0 Å². The third-order valence-corrected chi connectivity index (χ3v) is 4.24. The third-order valence-electron chi connectivity index (χ3n) is 4.24. The molecule has 0 saturated carbocycles. The van der Waals surface area contributed by atoms with Crippen molar-refractivity contribution in [2.45, 2.75) is 58.3 Å². The summed E-state index contributed by atoms with van der Waals surface area (Å²) in [6.45, 7) is 2.23.